The van der Waals surface area contributed by atoms with Gasteiger partial charge in [-0.3, -0.25) is 9.69 Å². The molecular weight excluding hydrogens is 310 g/mol. The molecule has 24 heavy (non-hydrogen) atoms. The number of ether oxygens (including phenoxy) is 1. The van der Waals surface area contributed by atoms with Gasteiger partial charge in [0.2, 0.25) is 11.8 Å². The van der Waals surface area contributed by atoms with Gasteiger partial charge >= 0.3 is 0 Å². The SMILES string of the molecule is CCC(C(=O)Nc1cc(C)on1)N1CCc2ncnc(OC)c2C1. The summed E-state index contributed by atoms with van der Waals surface area (Å²) in [7, 11) is 1.60. The van der Waals surface area contributed by atoms with Gasteiger partial charge in [-0.15, -0.1) is 0 Å². The van der Waals surface area contributed by atoms with Crippen molar-refractivity contribution < 1.29 is 14.1 Å². The molecule has 8 heteroatoms. The lowest BCUT2D eigenvalue weighted by Crippen LogP contribution is -2.46. The molecule has 128 valence electrons. The highest BCUT2D eigenvalue weighted by Gasteiger charge is 2.30. The smallest absolute Gasteiger partial charge is 0.242 e. The van der Waals surface area contributed by atoms with Crippen molar-refractivity contribution in [2.45, 2.75) is 39.3 Å². The Bertz CT molecular complexity index is 716. The minimum absolute atomic E-state index is 0.0925. The number of rotatable bonds is 5. The summed E-state index contributed by atoms with van der Waals surface area (Å²) in [6.07, 6.45) is 2.97. The van der Waals surface area contributed by atoms with Gasteiger partial charge in [0.05, 0.1) is 18.8 Å². The second-order valence-corrected chi connectivity index (χ2v) is 5.76. The molecule has 0 aromatic carbocycles. The Morgan fingerprint density at radius 2 is 2.33 bits per heavy atom. The van der Waals surface area contributed by atoms with E-state index in [2.05, 4.69) is 25.3 Å². The molecule has 1 unspecified atom stereocenters. The fourth-order valence-electron chi connectivity index (χ4n) is 3.02. The lowest BCUT2D eigenvalue weighted by molar-refractivity contribution is -0.121. The van der Waals surface area contributed by atoms with Crippen LogP contribution in [0.15, 0.2) is 16.9 Å². The van der Waals surface area contributed by atoms with Crippen LogP contribution in [-0.4, -0.2) is 45.6 Å². The normalized spacial score (nSPS) is 15.6. The number of nitrogens with zero attached hydrogens (tertiary/aromatic N) is 4. The zero-order valence-corrected chi connectivity index (χ0v) is 14.1. The molecule has 3 heterocycles. The molecule has 1 amide bonds. The van der Waals surface area contributed by atoms with Crippen LogP contribution in [0.25, 0.3) is 0 Å². The summed E-state index contributed by atoms with van der Waals surface area (Å²) >= 11 is 0. The molecule has 2 aromatic heterocycles. The number of fused-ring (bicyclic) bond motifs is 1. The third kappa shape index (κ3) is 3.23. The number of anilines is 1. The second kappa shape index (κ2) is 6.96. The van der Waals surface area contributed by atoms with E-state index in [1.54, 1.807) is 20.1 Å². The molecule has 1 aliphatic heterocycles. The number of nitrogens with one attached hydrogen (secondary N) is 1. The van der Waals surface area contributed by atoms with Crippen molar-refractivity contribution in [2.24, 2.45) is 0 Å². The molecule has 2 aromatic rings. The van der Waals surface area contributed by atoms with Crippen molar-refractivity contribution in [1.82, 2.24) is 20.0 Å². The molecular formula is C16H21N5O3. The number of carbonyl (C=O) groups excluding carboxylic acids is 1. The Morgan fingerprint density at radius 1 is 1.50 bits per heavy atom. The number of aryl methyl sites for hydroxylation is 1. The number of aromatic nitrogens is 3. The Balaban J connectivity index is 1.75. The summed E-state index contributed by atoms with van der Waals surface area (Å²) in [5.41, 5.74) is 1.94. The lowest BCUT2D eigenvalue weighted by atomic mass is 10.0. The minimum atomic E-state index is -0.264. The summed E-state index contributed by atoms with van der Waals surface area (Å²) in [5, 5.41) is 6.63. The van der Waals surface area contributed by atoms with Crippen molar-refractivity contribution in [3.05, 3.63) is 29.4 Å². The zero-order chi connectivity index (χ0) is 17.1. The average molecular weight is 331 g/mol. The number of hydrogen-bond donors (Lipinski definition) is 1. The summed E-state index contributed by atoms with van der Waals surface area (Å²) < 4.78 is 10.3. The first-order valence-electron chi connectivity index (χ1n) is 7.97. The van der Waals surface area contributed by atoms with Crippen molar-refractivity contribution in [3.63, 3.8) is 0 Å². The van der Waals surface area contributed by atoms with E-state index in [1.807, 2.05) is 6.92 Å². The summed E-state index contributed by atoms with van der Waals surface area (Å²) in [6, 6.07) is 1.44. The number of methoxy groups -OCH3 is 1. The van der Waals surface area contributed by atoms with Crippen LogP contribution in [0.4, 0.5) is 5.82 Å². The van der Waals surface area contributed by atoms with Crippen molar-refractivity contribution in [1.29, 1.82) is 0 Å². The van der Waals surface area contributed by atoms with Crippen LogP contribution < -0.4 is 10.1 Å². The summed E-state index contributed by atoms with van der Waals surface area (Å²) in [5.74, 6) is 1.58. The van der Waals surface area contributed by atoms with Crippen LogP contribution in [0.2, 0.25) is 0 Å². The molecule has 0 saturated heterocycles. The van der Waals surface area contributed by atoms with Crippen LogP contribution in [-0.2, 0) is 17.8 Å². The standard InChI is InChI=1S/C16H21N5O3/c1-4-13(15(22)19-14-7-10(2)24-20-14)21-6-5-12-11(8-21)16(23-3)18-9-17-12/h7,9,13H,4-6,8H2,1-3H3,(H,19,20,22). The van der Waals surface area contributed by atoms with E-state index in [0.29, 0.717) is 30.4 Å². The molecule has 0 spiro atoms. The Labute approximate surface area is 140 Å². The van der Waals surface area contributed by atoms with E-state index < -0.39 is 0 Å². The highest BCUT2D eigenvalue weighted by Crippen LogP contribution is 2.26. The van der Waals surface area contributed by atoms with Gasteiger partial charge in [-0.25, -0.2) is 9.97 Å². The summed E-state index contributed by atoms with van der Waals surface area (Å²) in [6.45, 7) is 5.13. The van der Waals surface area contributed by atoms with Crippen molar-refractivity contribution in [2.75, 3.05) is 19.0 Å². The van der Waals surface area contributed by atoms with Gasteiger partial charge in [-0.2, -0.15) is 0 Å². The van der Waals surface area contributed by atoms with Crippen LogP contribution in [0, 0.1) is 6.92 Å². The third-order valence-corrected chi connectivity index (χ3v) is 4.19. The molecule has 1 atom stereocenters. The van der Waals surface area contributed by atoms with E-state index in [9.17, 15) is 4.79 Å². The zero-order valence-electron chi connectivity index (χ0n) is 14.1. The van der Waals surface area contributed by atoms with Crippen LogP contribution >= 0.6 is 0 Å². The van der Waals surface area contributed by atoms with Gasteiger partial charge in [-0.1, -0.05) is 12.1 Å². The average Bonchev–Trinajstić information content (AvgIpc) is 2.99. The Kier molecular flexibility index (Phi) is 4.75. The van der Waals surface area contributed by atoms with Crippen molar-refractivity contribution >= 4 is 11.7 Å². The van der Waals surface area contributed by atoms with Crippen LogP contribution in [0.1, 0.15) is 30.4 Å². The first-order chi connectivity index (χ1) is 11.6. The fraction of sp³-hybridized carbons (Fsp3) is 0.500. The van der Waals surface area contributed by atoms with Crippen molar-refractivity contribution in [3.8, 4) is 5.88 Å². The van der Waals surface area contributed by atoms with Gasteiger partial charge in [0.1, 0.15) is 12.1 Å². The maximum absolute atomic E-state index is 12.6. The fourth-order valence-corrected chi connectivity index (χ4v) is 3.02. The maximum atomic E-state index is 12.6. The number of hydrogen-bond acceptors (Lipinski definition) is 7. The minimum Gasteiger partial charge on any atom is -0.481 e. The van der Waals surface area contributed by atoms with E-state index in [-0.39, 0.29) is 11.9 Å². The quantitative estimate of drug-likeness (QED) is 0.888. The van der Waals surface area contributed by atoms with Gasteiger partial charge in [0, 0.05) is 31.1 Å². The van der Waals surface area contributed by atoms with Crippen LogP contribution in [0.3, 0.4) is 0 Å². The number of carbonyl (C=O) groups is 1. The van der Waals surface area contributed by atoms with Gasteiger partial charge in [0.25, 0.3) is 0 Å². The molecule has 8 nitrogen and oxygen atoms in total. The Hall–Kier alpha value is -2.48. The molecule has 0 fully saturated rings. The van der Waals surface area contributed by atoms with Crippen LogP contribution in [0.5, 0.6) is 5.88 Å². The highest BCUT2D eigenvalue weighted by atomic mass is 16.5. The molecule has 1 aliphatic rings. The lowest BCUT2D eigenvalue weighted by Gasteiger charge is -2.33. The van der Waals surface area contributed by atoms with E-state index >= 15 is 0 Å². The Morgan fingerprint density at radius 3 is 3.00 bits per heavy atom. The maximum Gasteiger partial charge on any atom is 0.242 e. The van der Waals surface area contributed by atoms with E-state index in [4.69, 9.17) is 9.26 Å². The molecule has 0 bridgehead atoms. The van der Waals surface area contributed by atoms with Gasteiger partial charge in [0.15, 0.2) is 5.82 Å². The first-order valence-corrected chi connectivity index (χ1v) is 7.97. The van der Waals surface area contributed by atoms with Gasteiger partial charge < -0.3 is 14.6 Å². The predicted octanol–water partition coefficient (Wildman–Crippen LogP) is 1.56. The molecule has 0 radical (unpaired) electrons. The first kappa shape index (κ1) is 16.4. The number of amides is 1. The molecule has 0 aliphatic carbocycles. The summed E-state index contributed by atoms with van der Waals surface area (Å²) in [4.78, 5) is 23.2. The van der Waals surface area contributed by atoms with E-state index in [1.165, 1.54) is 6.33 Å². The van der Waals surface area contributed by atoms with Gasteiger partial charge in [-0.05, 0) is 13.3 Å². The molecule has 0 saturated carbocycles. The monoisotopic (exact) mass is 331 g/mol. The third-order valence-electron chi connectivity index (χ3n) is 4.19. The topological polar surface area (TPSA) is 93.4 Å². The molecule has 3 rings (SSSR count). The highest BCUT2D eigenvalue weighted by molar-refractivity contribution is 5.94. The predicted molar refractivity (Wildman–Crippen MR) is 86.6 cm³/mol. The largest absolute Gasteiger partial charge is 0.481 e. The van der Waals surface area contributed by atoms with E-state index in [0.717, 1.165) is 24.2 Å². The molecule has 1 N–H and O–H groups in total. The second-order valence-electron chi connectivity index (χ2n) is 5.76.